The van der Waals surface area contributed by atoms with Crippen molar-refractivity contribution in [3.63, 3.8) is 0 Å². The first-order valence-corrected chi connectivity index (χ1v) is 10.2. The number of hydrogen-bond donors (Lipinski definition) is 0. The molecule has 1 rings (SSSR count). The summed E-state index contributed by atoms with van der Waals surface area (Å²) in [5, 5.41) is 0. The highest BCUT2D eigenvalue weighted by Crippen LogP contribution is 2.47. The van der Waals surface area contributed by atoms with E-state index in [1.54, 1.807) is 0 Å². The molecule has 0 amide bonds. The Morgan fingerprint density at radius 1 is 0.821 bits per heavy atom. The van der Waals surface area contributed by atoms with Crippen molar-refractivity contribution in [3.05, 3.63) is 35.9 Å². The van der Waals surface area contributed by atoms with E-state index in [2.05, 4.69) is 0 Å². The van der Waals surface area contributed by atoms with Gasteiger partial charge in [-0.15, -0.1) is 0 Å². The summed E-state index contributed by atoms with van der Waals surface area (Å²) in [4.78, 5) is 23.5. The van der Waals surface area contributed by atoms with E-state index in [-0.39, 0.29) is 26.2 Å². The van der Waals surface area contributed by atoms with Crippen LogP contribution in [0.15, 0.2) is 30.3 Å². The minimum Gasteiger partial charge on any atom is -0.461 e. The van der Waals surface area contributed by atoms with Gasteiger partial charge < -0.3 is 18.5 Å². The Morgan fingerprint density at radius 3 is 1.82 bits per heavy atom. The van der Waals surface area contributed by atoms with E-state index in [1.807, 2.05) is 71.9 Å². The first-order valence-electron chi connectivity index (χ1n) is 9.11. The number of ether oxygens (including phenoxy) is 2. The van der Waals surface area contributed by atoms with Gasteiger partial charge in [0, 0.05) is 0 Å². The van der Waals surface area contributed by atoms with Crippen molar-refractivity contribution in [2.75, 3.05) is 6.79 Å². The molecule has 0 saturated carbocycles. The maximum Gasteiger partial charge on any atom is 0.336 e. The summed E-state index contributed by atoms with van der Waals surface area (Å²) in [7, 11) is -1.69. The molecule has 0 fully saturated rings. The second kappa shape index (κ2) is 11.5. The second-order valence-electron chi connectivity index (χ2n) is 8.04. The third-order valence-corrected chi connectivity index (χ3v) is 4.56. The Kier molecular flexibility index (Phi) is 10.0. The molecule has 0 heterocycles. The average Bonchev–Trinajstić information content (AvgIpc) is 2.56. The van der Waals surface area contributed by atoms with Gasteiger partial charge in [0.05, 0.1) is 24.0 Å². The fraction of sp³-hybridized carbons (Fsp3) is 0.600. The van der Waals surface area contributed by atoms with Crippen LogP contribution >= 0.6 is 8.60 Å². The third-order valence-electron chi connectivity index (χ3n) is 2.85. The molecule has 0 bridgehead atoms. The molecule has 1 aromatic rings. The van der Waals surface area contributed by atoms with Crippen LogP contribution in [0, 0.1) is 0 Å². The monoisotopic (exact) mass is 414 g/mol. The van der Waals surface area contributed by atoms with Crippen LogP contribution in [0.25, 0.3) is 0 Å². The normalized spacial score (nSPS) is 12.1. The lowest BCUT2D eigenvalue weighted by atomic mass is 10.2. The Morgan fingerprint density at radius 2 is 1.32 bits per heavy atom. The van der Waals surface area contributed by atoms with E-state index in [0.29, 0.717) is 0 Å². The number of hydrogen-bond acceptors (Lipinski definition) is 7. The molecule has 0 saturated heterocycles. The zero-order chi connectivity index (χ0) is 21.2. The lowest BCUT2D eigenvalue weighted by Crippen LogP contribution is -2.23. The molecule has 7 nitrogen and oxygen atoms in total. The topological polar surface area (TPSA) is 80.3 Å². The minimum absolute atomic E-state index is 0.0581. The van der Waals surface area contributed by atoms with Crippen LogP contribution in [0.5, 0.6) is 0 Å². The van der Waals surface area contributed by atoms with Gasteiger partial charge in [-0.25, -0.2) is 0 Å². The van der Waals surface area contributed by atoms with Gasteiger partial charge >= 0.3 is 20.5 Å². The van der Waals surface area contributed by atoms with E-state index in [4.69, 9.17) is 23.0 Å². The first-order chi connectivity index (χ1) is 12.9. The van der Waals surface area contributed by atoms with Gasteiger partial charge in [-0.05, 0) is 47.1 Å². The Balaban J connectivity index is 2.28. The second-order valence-corrected chi connectivity index (χ2v) is 9.11. The summed E-state index contributed by atoms with van der Waals surface area (Å²) in [5.41, 5.74) is -0.0506. The summed E-state index contributed by atoms with van der Waals surface area (Å²) in [6.45, 7) is 11.1. The molecule has 0 aliphatic carbocycles. The summed E-state index contributed by atoms with van der Waals surface area (Å²) < 4.78 is 27.0. The Bertz CT molecular complexity index is 589. The van der Waals surface area contributed by atoms with Crippen molar-refractivity contribution >= 4 is 20.5 Å². The van der Waals surface area contributed by atoms with Gasteiger partial charge in [0.1, 0.15) is 6.61 Å². The molecule has 0 aromatic heterocycles. The molecule has 28 heavy (non-hydrogen) atoms. The molecule has 0 atom stereocenters. The predicted octanol–water partition coefficient (Wildman–Crippen LogP) is 4.88. The maximum atomic E-state index is 11.8. The van der Waals surface area contributed by atoms with Crippen LogP contribution in [0.4, 0.5) is 0 Å². The maximum absolute atomic E-state index is 11.8. The van der Waals surface area contributed by atoms with Crippen molar-refractivity contribution in [3.8, 4) is 0 Å². The van der Waals surface area contributed by atoms with E-state index in [1.165, 1.54) is 0 Å². The van der Waals surface area contributed by atoms with Crippen LogP contribution in [0.2, 0.25) is 0 Å². The SMILES string of the molecule is CC(C)(C)OP(OCOC(=O)CCC(=O)OCc1ccccc1)OC(C)(C)C. The van der Waals surface area contributed by atoms with Gasteiger partial charge in [0.2, 0.25) is 6.79 Å². The van der Waals surface area contributed by atoms with Crippen LogP contribution in [-0.4, -0.2) is 29.9 Å². The molecular weight excluding hydrogens is 383 g/mol. The Labute approximate surface area is 168 Å². The van der Waals surface area contributed by atoms with Crippen LogP contribution < -0.4 is 0 Å². The molecule has 0 unspecified atom stereocenters. The molecule has 0 radical (unpaired) electrons. The van der Waals surface area contributed by atoms with E-state index in [9.17, 15) is 9.59 Å². The number of rotatable bonds is 10. The molecule has 158 valence electrons. The molecule has 0 spiro atoms. The van der Waals surface area contributed by atoms with Crippen molar-refractivity contribution in [2.24, 2.45) is 0 Å². The van der Waals surface area contributed by atoms with Gasteiger partial charge in [-0.3, -0.25) is 14.1 Å². The number of benzene rings is 1. The fourth-order valence-electron chi connectivity index (χ4n) is 1.74. The summed E-state index contributed by atoms with van der Waals surface area (Å²) in [5.74, 6) is -1.02. The molecule has 0 aliphatic rings. The highest BCUT2D eigenvalue weighted by Gasteiger charge is 2.27. The highest BCUT2D eigenvalue weighted by atomic mass is 31.2. The van der Waals surface area contributed by atoms with Crippen molar-refractivity contribution in [1.82, 2.24) is 0 Å². The standard InChI is InChI=1S/C20H31O7P/c1-19(2,3)26-28(27-20(4,5)6)25-15-24-18(22)13-12-17(21)23-14-16-10-8-7-9-11-16/h7-11H,12-15H2,1-6H3. The zero-order valence-corrected chi connectivity index (χ0v) is 18.4. The van der Waals surface area contributed by atoms with Crippen molar-refractivity contribution < 1.29 is 32.6 Å². The van der Waals surface area contributed by atoms with E-state index in [0.717, 1.165) is 5.56 Å². The lowest BCUT2D eigenvalue weighted by molar-refractivity contribution is -0.155. The van der Waals surface area contributed by atoms with E-state index < -0.39 is 31.7 Å². The van der Waals surface area contributed by atoms with Gasteiger partial charge in [-0.1, -0.05) is 30.3 Å². The zero-order valence-electron chi connectivity index (χ0n) is 17.5. The first kappa shape index (κ1) is 24.5. The molecule has 0 N–H and O–H groups in total. The largest absolute Gasteiger partial charge is 0.461 e. The quantitative estimate of drug-likeness (QED) is 0.306. The third kappa shape index (κ3) is 12.8. The number of carbonyl (C=O) groups is 2. The highest BCUT2D eigenvalue weighted by molar-refractivity contribution is 7.41. The van der Waals surface area contributed by atoms with Crippen LogP contribution in [-0.2, 0) is 39.2 Å². The fourth-order valence-corrected chi connectivity index (χ4v) is 2.92. The minimum atomic E-state index is -1.69. The Hall–Kier alpha value is -1.53. The van der Waals surface area contributed by atoms with Crippen molar-refractivity contribution in [2.45, 2.75) is 72.2 Å². The molecule has 0 aliphatic heterocycles. The lowest BCUT2D eigenvalue weighted by Gasteiger charge is -2.30. The molecule has 8 heteroatoms. The van der Waals surface area contributed by atoms with Gasteiger partial charge in [0.15, 0.2) is 0 Å². The van der Waals surface area contributed by atoms with Crippen molar-refractivity contribution in [1.29, 1.82) is 0 Å². The average molecular weight is 414 g/mol. The summed E-state index contributed by atoms with van der Waals surface area (Å²) >= 11 is 0. The van der Waals surface area contributed by atoms with Gasteiger partial charge in [-0.2, -0.15) is 0 Å². The molecule has 1 aromatic carbocycles. The van der Waals surface area contributed by atoms with Crippen LogP contribution in [0.3, 0.4) is 0 Å². The molecular formula is C20H31O7P. The number of esters is 2. The summed E-state index contributed by atoms with van der Waals surface area (Å²) in [6.07, 6.45) is -0.146. The van der Waals surface area contributed by atoms with E-state index >= 15 is 0 Å². The predicted molar refractivity (Wildman–Crippen MR) is 106 cm³/mol. The van der Waals surface area contributed by atoms with Gasteiger partial charge in [0.25, 0.3) is 0 Å². The summed E-state index contributed by atoms with van der Waals surface area (Å²) in [6, 6.07) is 9.32. The number of carbonyl (C=O) groups excluding carboxylic acids is 2. The van der Waals surface area contributed by atoms with Crippen LogP contribution in [0.1, 0.15) is 59.9 Å². The smallest absolute Gasteiger partial charge is 0.336 e.